The SMILES string of the molecule is Cc1nc(OCCC(C)(C)N=O)ccc1Br. The first kappa shape index (κ1) is 13.1. The van der Waals surface area contributed by atoms with Crippen LogP contribution in [0.25, 0.3) is 0 Å². The van der Waals surface area contributed by atoms with Gasteiger partial charge < -0.3 is 4.74 Å². The number of ether oxygens (including phenoxy) is 1. The number of aryl methyl sites for hydroxylation is 1. The Hall–Kier alpha value is -0.970. The highest BCUT2D eigenvalue weighted by atomic mass is 79.9. The van der Waals surface area contributed by atoms with E-state index in [1.807, 2.05) is 13.0 Å². The van der Waals surface area contributed by atoms with Crippen molar-refractivity contribution in [3.8, 4) is 5.88 Å². The zero-order valence-corrected chi connectivity index (χ0v) is 11.2. The van der Waals surface area contributed by atoms with Crippen LogP contribution in [-0.2, 0) is 0 Å². The Morgan fingerprint density at radius 2 is 2.19 bits per heavy atom. The molecule has 1 rings (SSSR count). The molecule has 0 atom stereocenters. The number of nitroso groups, excluding NO2 is 1. The van der Waals surface area contributed by atoms with Gasteiger partial charge in [0.15, 0.2) is 0 Å². The Kier molecular flexibility index (Phi) is 4.41. The molecule has 1 heterocycles. The Bertz CT molecular complexity index is 380. The molecular formula is C11H15BrN2O2. The molecule has 0 radical (unpaired) electrons. The minimum Gasteiger partial charge on any atom is -0.478 e. The molecule has 0 saturated carbocycles. The fraction of sp³-hybridized carbons (Fsp3) is 0.545. The molecule has 88 valence electrons. The number of halogens is 1. The lowest BCUT2D eigenvalue weighted by Crippen LogP contribution is -2.19. The number of hydrogen-bond donors (Lipinski definition) is 0. The van der Waals surface area contributed by atoms with E-state index in [9.17, 15) is 4.91 Å². The highest BCUT2D eigenvalue weighted by Crippen LogP contribution is 2.19. The van der Waals surface area contributed by atoms with Crippen molar-refractivity contribution in [3.63, 3.8) is 0 Å². The van der Waals surface area contributed by atoms with Gasteiger partial charge in [0.1, 0.15) is 5.54 Å². The zero-order valence-electron chi connectivity index (χ0n) is 9.66. The van der Waals surface area contributed by atoms with E-state index in [0.29, 0.717) is 18.9 Å². The van der Waals surface area contributed by atoms with E-state index < -0.39 is 5.54 Å². The molecule has 0 unspecified atom stereocenters. The summed E-state index contributed by atoms with van der Waals surface area (Å²) in [7, 11) is 0. The molecule has 0 aliphatic rings. The van der Waals surface area contributed by atoms with Crippen LogP contribution in [0.5, 0.6) is 5.88 Å². The maximum Gasteiger partial charge on any atom is 0.213 e. The summed E-state index contributed by atoms with van der Waals surface area (Å²) >= 11 is 3.37. The highest BCUT2D eigenvalue weighted by molar-refractivity contribution is 9.10. The van der Waals surface area contributed by atoms with Gasteiger partial charge in [-0.1, -0.05) is 5.18 Å². The maximum absolute atomic E-state index is 10.4. The van der Waals surface area contributed by atoms with E-state index in [2.05, 4.69) is 26.1 Å². The van der Waals surface area contributed by atoms with Gasteiger partial charge in [0.25, 0.3) is 0 Å². The molecule has 5 heteroatoms. The van der Waals surface area contributed by atoms with Crippen molar-refractivity contribution in [1.82, 2.24) is 4.98 Å². The fourth-order valence-electron chi connectivity index (χ4n) is 1.05. The van der Waals surface area contributed by atoms with Gasteiger partial charge in [0.2, 0.25) is 5.88 Å². The lowest BCUT2D eigenvalue weighted by atomic mass is 10.0. The van der Waals surface area contributed by atoms with E-state index in [4.69, 9.17) is 4.74 Å². The molecule has 0 spiro atoms. The zero-order chi connectivity index (χ0) is 12.2. The van der Waals surface area contributed by atoms with Crippen LogP contribution >= 0.6 is 15.9 Å². The predicted molar refractivity (Wildman–Crippen MR) is 66.7 cm³/mol. The molecule has 1 aromatic rings. The van der Waals surface area contributed by atoms with Crippen LogP contribution in [0, 0.1) is 11.8 Å². The van der Waals surface area contributed by atoms with Crippen molar-refractivity contribution < 1.29 is 4.74 Å². The molecule has 16 heavy (non-hydrogen) atoms. The van der Waals surface area contributed by atoms with Gasteiger partial charge in [-0.15, -0.1) is 0 Å². The minimum atomic E-state index is -0.579. The van der Waals surface area contributed by atoms with Crippen molar-refractivity contribution in [1.29, 1.82) is 0 Å². The van der Waals surface area contributed by atoms with E-state index in [-0.39, 0.29) is 0 Å². The minimum absolute atomic E-state index is 0.437. The number of pyridine rings is 1. The average molecular weight is 287 g/mol. The third-order valence-corrected chi connectivity index (χ3v) is 3.04. The second-order valence-electron chi connectivity index (χ2n) is 4.22. The summed E-state index contributed by atoms with van der Waals surface area (Å²) in [5.74, 6) is 0.572. The molecule has 0 bridgehead atoms. The number of aromatic nitrogens is 1. The molecule has 0 aliphatic heterocycles. The van der Waals surface area contributed by atoms with Crippen molar-refractivity contribution in [3.05, 3.63) is 27.2 Å². The van der Waals surface area contributed by atoms with Gasteiger partial charge in [-0.2, -0.15) is 4.91 Å². The van der Waals surface area contributed by atoms with E-state index in [0.717, 1.165) is 10.2 Å². The van der Waals surface area contributed by atoms with Crippen molar-refractivity contribution >= 4 is 15.9 Å². The Morgan fingerprint density at radius 3 is 2.75 bits per heavy atom. The third-order valence-electron chi connectivity index (χ3n) is 2.21. The summed E-state index contributed by atoms with van der Waals surface area (Å²) in [5, 5.41) is 3.03. The van der Waals surface area contributed by atoms with Gasteiger partial charge >= 0.3 is 0 Å². The lowest BCUT2D eigenvalue weighted by molar-refractivity contribution is 0.265. The highest BCUT2D eigenvalue weighted by Gasteiger charge is 2.18. The molecular weight excluding hydrogens is 272 g/mol. The number of nitrogens with zero attached hydrogens (tertiary/aromatic N) is 2. The number of hydrogen-bond acceptors (Lipinski definition) is 4. The quantitative estimate of drug-likeness (QED) is 0.779. The van der Waals surface area contributed by atoms with Crippen LogP contribution in [-0.4, -0.2) is 17.1 Å². The van der Waals surface area contributed by atoms with Crippen LogP contribution in [0.15, 0.2) is 21.8 Å². The van der Waals surface area contributed by atoms with E-state index in [1.165, 1.54) is 0 Å². The van der Waals surface area contributed by atoms with Gasteiger partial charge in [-0.3, -0.25) is 0 Å². The standard InChI is InChI=1S/C11H15BrN2O2/c1-8-9(12)4-5-10(13-8)16-7-6-11(2,3)14-15/h4-5H,6-7H2,1-3H3. The normalized spacial score (nSPS) is 11.2. The summed E-state index contributed by atoms with van der Waals surface area (Å²) in [5.41, 5.74) is 0.301. The molecule has 0 saturated heterocycles. The van der Waals surface area contributed by atoms with Crippen molar-refractivity contribution in [2.75, 3.05) is 6.61 Å². The summed E-state index contributed by atoms with van der Waals surface area (Å²) < 4.78 is 6.40. The van der Waals surface area contributed by atoms with Crippen molar-refractivity contribution in [2.24, 2.45) is 5.18 Å². The Balaban J connectivity index is 2.49. The Labute approximate surface area is 104 Å². The van der Waals surface area contributed by atoms with Crippen LogP contribution in [0.3, 0.4) is 0 Å². The van der Waals surface area contributed by atoms with Gasteiger partial charge in [0, 0.05) is 17.0 Å². The second kappa shape index (κ2) is 5.39. The van der Waals surface area contributed by atoms with Crippen LogP contribution in [0.4, 0.5) is 0 Å². The van der Waals surface area contributed by atoms with Crippen LogP contribution < -0.4 is 4.74 Å². The van der Waals surface area contributed by atoms with Gasteiger partial charge in [-0.05, 0) is 42.8 Å². The summed E-state index contributed by atoms with van der Waals surface area (Å²) in [4.78, 5) is 14.7. The smallest absolute Gasteiger partial charge is 0.213 e. The Morgan fingerprint density at radius 1 is 1.50 bits per heavy atom. The molecule has 0 amide bonds. The maximum atomic E-state index is 10.4. The second-order valence-corrected chi connectivity index (χ2v) is 5.07. The van der Waals surface area contributed by atoms with Crippen LogP contribution in [0.1, 0.15) is 26.0 Å². The summed E-state index contributed by atoms with van der Waals surface area (Å²) in [6.45, 7) is 5.90. The molecule has 0 aliphatic carbocycles. The average Bonchev–Trinajstić information content (AvgIpc) is 2.23. The fourth-order valence-corrected chi connectivity index (χ4v) is 1.27. The molecule has 4 nitrogen and oxygen atoms in total. The third kappa shape index (κ3) is 3.89. The monoisotopic (exact) mass is 286 g/mol. The molecule has 0 N–H and O–H groups in total. The predicted octanol–water partition coefficient (Wildman–Crippen LogP) is 3.47. The van der Waals surface area contributed by atoms with E-state index >= 15 is 0 Å². The van der Waals surface area contributed by atoms with Crippen LogP contribution in [0.2, 0.25) is 0 Å². The first-order valence-corrected chi connectivity index (χ1v) is 5.84. The number of rotatable bonds is 5. The largest absolute Gasteiger partial charge is 0.478 e. The molecule has 0 fully saturated rings. The topological polar surface area (TPSA) is 51.6 Å². The summed E-state index contributed by atoms with van der Waals surface area (Å²) in [6, 6.07) is 3.68. The van der Waals surface area contributed by atoms with Crippen molar-refractivity contribution in [2.45, 2.75) is 32.7 Å². The first-order valence-electron chi connectivity index (χ1n) is 5.05. The lowest BCUT2D eigenvalue weighted by Gasteiger charge is -2.15. The van der Waals surface area contributed by atoms with Gasteiger partial charge in [0.05, 0.1) is 12.3 Å². The molecule has 1 aromatic heterocycles. The van der Waals surface area contributed by atoms with E-state index in [1.54, 1.807) is 19.9 Å². The molecule has 0 aromatic carbocycles. The first-order chi connectivity index (χ1) is 7.44. The summed E-state index contributed by atoms with van der Waals surface area (Å²) in [6.07, 6.45) is 0.577. The van der Waals surface area contributed by atoms with Gasteiger partial charge in [-0.25, -0.2) is 4.98 Å².